The van der Waals surface area contributed by atoms with Crippen molar-refractivity contribution < 1.29 is 22.6 Å². The Balaban J connectivity index is 2.40. The Labute approximate surface area is 110 Å². The molecule has 19 heavy (non-hydrogen) atoms. The van der Waals surface area contributed by atoms with Crippen LogP contribution in [-0.4, -0.2) is 25.6 Å². The molecule has 0 radical (unpaired) electrons. The van der Waals surface area contributed by atoms with E-state index in [4.69, 9.17) is 4.74 Å². The van der Waals surface area contributed by atoms with Crippen molar-refractivity contribution in [3.63, 3.8) is 0 Å². The standard InChI is InChI=1S/C13H18F3NO2/c1-3-18-9-10(2)17-8-11-4-6-12(7-5-11)19-13(14,15)16/h4-7,10,17H,3,8-9H2,1-2H3. The van der Waals surface area contributed by atoms with Gasteiger partial charge in [-0.3, -0.25) is 0 Å². The first-order valence-electron chi connectivity index (χ1n) is 6.06. The van der Waals surface area contributed by atoms with Gasteiger partial charge in [0, 0.05) is 19.2 Å². The number of nitrogens with one attached hydrogen (secondary N) is 1. The highest BCUT2D eigenvalue weighted by molar-refractivity contribution is 5.27. The third-order valence-electron chi connectivity index (χ3n) is 2.38. The lowest BCUT2D eigenvalue weighted by Crippen LogP contribution is -2.30. The van der Waals surface area contributed by atoms with Crippen molar-refractivity contribution in [3.05, 3.63) is 29.8 Å². The molecule has 1 aromatic carbocycles. The number of ether oxygens (including phenoxy) is 2. The molecule has 0 heterocycles. The van der Waals surface area contributed by atoms with Gasteiger partial charge in [-0.2, -0.15) is 0 Å². The first-order valence-corrected chi connectivity index (χ1v) is 6.06. The molecule has 1 N–H and O–H groups in total. The highest BCUT2D eigenvalue weighted by Crippen LogP contribution is 2.22. The van der Waals surface area contributed by atoms with Crippen LogP contribution in [0.2, 0.25) is 0 Å². The van der Waals surface area contributed by atoms with Crippen molar-refractivity contribution in [2.24, 2.45) is 0 Å². The van der Waals surface area contributed by atoms with Gasteiger partial charge < -0.3 is 14.8 Å². The van der Waals surface area contributed by atoms with E-state index in [1.165, 1.54) is 12.1 Å². The van der Waals surface area contributed by atoms with Gasteiger partial charge in [0.15, 0.2) is 0 Å². The van der Waals surface area contributed by atoms with Gasteiger partial charge in [0.2, 0.25) is 0 Å². The molecule has 0 saturated heterocycles. The second-order valence-corrected chi connectivity index (χ2v) is 4.13. The second kappa shape index (κ2) is 7.35. The lowest BCUT2D eigenvalue weighted by Gasteiger charge is -2.14. The summed E-state index contributed by atoms with van der Waals surface area (Å²) >= 11 is 0. The van der Waals surface area contributed by atoms with Crippen molar-refractivity contribution in [1.82, 2.24) is 5.32 Å². The average Bonchev–Trinajstić information content (AvgIpc) is 2.33. The van der Waals surface area contributed by atoms with Crippen LogP contribution in [0.15, 0.2) is 24.3 Å². The molecule has 3 nitrogen and oxygen atoms in total. The third kappa shape index (κ3) is 7.03. The maximum Gasteiger partial charge on any atom is 0.573 e. The minimum absolute atomic E-state index is 0.186. The van der Waals surface area contributed by atoms with E-state index in [-0.39, 0.29) is 11.8 Å². The Kier molecular flexibility index (Phi) is 6.11. The van der Waals surface area contributed by atoms with Crippen LogP contribution in [0.3, 0.4) is 0 Å². The van der Waals surface area contributed by atoms with E-state index in [1.54, 1.807) is 12.1 Å². The normalized spacial score (nSPS) is 13.3. The van der Waals surface area contributed by atoms with E-state index in [9.17, 15) is 13.2 Å². The Bertz CT molecular complexity index is 365. The summed E-state index contributed by atoms with van der Waals surface area (Å²) in [7, 11) is 0. The number of hydrogen-bond donors (Lipinski definition) is 1. The monoisotopic (exact) mass is 277 g/mol. The second-order valence-electron chi connectivity index (χ2n) is 4.13. The van der Waals surface area contributed by atoms with Gasteiger partial charge in [0.05, 0.1) is 6.61 Å². The number of hydrogen-bond acceptors (Lipinski definition) is 3. The Hall–Kier alpha value is -1.27. The van der Waals surface area contributed by atoms with Gasteiger partial charge >= 0.3 is 6.36 Å². The van der Waals surface area contributed by atoms with Gasteiger partial charge in [-0.25, -0.2) is 0 Å². The minimum atomic E-state index is -4.65. The summed E-state index contributed by atoms with van der Waals surface area (Å²) in [5.74, 6) is -0.210. The van der Waals surface area contributed by atoms with E-state index in [0.29, 0.717) is 19.8 Å². The third-order valence-corrected chi connectivity index (χ3v) is 2.38. The fraction of sp³-hybridized carbons (Fsp3) is 0.538. The van der Waals surface area contributed by atoms with E-state index in [1.807, 2.05) is 13.8 Å². The minimum Gasteiger partial charge on any atom is -0.406 e. The van der Waals surface area contributed by atoms with Gasteiger partial charge in [-0.1, -0.05) is 12.1 Å². The summed E-state index contributed by atoms with van der Waals surface area (Å²) in [4.78, 5) is 0. The molecule has 1 atom stereocenters. The highest BCUT2D eigenvalue weighted by Gasteiger charge is 2.30. The summed E-state index contributed by atoms with van der Waals surface area (Å²) in [5.41, 5.74) is 0.887. The number of benzene rings is 1. The van der Waals surface area contributed by atoms with Crippen molar-refractivity contribution in [1.29, 1.82) is 0 Å². The van der Waals surface area contributed by atoms with Crippen molar-refractivity contribution >= 4 is 0 Å². The lowest BCUT2D eigenvalue weighted by atomic mass is 10.2. The van der Waals surface area contributed by atoms with Crippen LogP contribution in [-0.2, 0) is 11.3 Å². The molecule has 0 fully saturated rings. The van der Waals surface area contributed by atoms with Crippen LogP contribution < -0.4 is 10.1 Å². The predicted molar refractivity (Wildman–Crippen MR) is 65.9 cm³/mol. The first-order chi connectivity index (χ1) is 8.90. The molecule has 0 aromatic heterocycles. The van der Waals surface area contributed by atoms with Crippen LogP contribution in [0.5, 0.6) is 5.75 Å². The van der Waals surface area contributed by atoms with E-state index >= 15 is 0 Å². The first kappa shape index (κ1) is 15.8. The molecule has 0 aliphatic rings. The van der Waals surface area contributed by atoms with Crippen LogP contribution in [0.4, 0.5) is 13.2 Å². The molecular weight excluding hydrogens is 259 g/mol. The van der Waals surface area contributed by atoms with Crippen LogP contribution in [0, 0.1) is 0 Å². The molecule has 6 heteroatoms. The van der Waals surface area contributed by atoms with E-state index in [2.05, 4.69) is 10.1 Å². The number of halogens is 3. The van der Waals surface area contributed by atoms with E-state index < -0.39 is 6.36 Å². The molecule has 1 unspecified atom stereocenters. The molecular formula is C13H18F3NO2. The van der Waals surface area contributed by atoms with Gasteiger partial charge in [0.25, 0.3) is 0 Å². The van der Waals surface area contributed by atoms with Gasteiger partial charge in [-0.15, -0.1) is 13.2 Å². The largest absolute Gasteiger partial charge is 0.573 e. The molecule has 108 valence electrons. The Morgan fingerprint density at radius 3 is 2.37 bits per heavy atom. The molecule has 1 aromatic rings. The predicted octanol–water partition coefficient (Wildman–Crippen LogP) is 3.10. The summed E-state index contributed by atoms with van der Waals surface area (Å²) in [6, 6.07) is 5.99. The zero-order valence-electron chi connectivity index (χ0n) is 11.0. The zero-order valence-corrected chi connectivity index (χ0v) is 11.0. The van der Waals surface area contributed by atoms with Crippen LogP contribution in [0.1, 0.15) is 19.4 Å². The van der Waals surface area contributed by atoms with Crippen molar-refractivity contribution in [2.75, 3.05) is 13.2 Å². The molecule has 0 aliphatic carbocycles. The average molecular weight is 277 g/mol. The van der Waals surface area contributed by atoms with Crippen molar-refractivity contribution in [3.8, 4) is 5.75 Å². The van der Waals surface area contributed by atoms with Crippen LogP contribution >= 0.6 is 0 Å². The molecule has 0 spiro atoms. The SMILES string of the molecule is CCOCC(C)NCc1ccc(OC(F)(F)F)cc1. The molecule has 0 aliphatic heterocycles. The zero-order chi connectivity index (χ0) is 14.3. The lowest BCUT2D eigenvalue weighted by molar-refractivity contribution is -0.274. The maximum absolute atomic E-state index is 12.0. The molecule has 0 amide bonds. The molecule has 0 saturated carbocycles. The quantitative estimate of drug-likeness (QED) is 0.830. The summed E-state index contributed by atoms with van der Waals surface area (Å²) in [6.07, 6.45) is -4.65. The fourth-order valence-corrected chi connectivity index (χ4v) is 1.45. The fourth-order valence-electron chi connectivity index (χ4n) is 1.45. The van der Waals surface area contributed by atoms with Crippen molar-refractivity contribution in [2.45, 2.75) is 32.8 Å². The number of alkyl halides is 3. The number of rotatable bonds is 7. The Morgan fingerprint density at radius 1 is 1.21 bits per heavy atom. The topological polar surface area (TPSA) is 30.5 Å². The van der Waals surface area contributed by atoms with Gasteiger partial charge in [-0.05, 0) is 31.5 Å². The van der Waals surface area contributed by atoms with Crippen LogP contribution in [0.25, 0.3) is 0 Å². The maximum atomic E-state index is 12.0. The molecule has 0 bridgehead atoms. The Morgan fingerprint density at radius 2 is 1.84 bits per heavy atom. The van der Waals surface area contributed by atoms with Gasteiger partial charge in [0.1, 0.15) is 5.75 Å². The summed E-state index contributed by atoms with van der Waals surface area (Å²) < 4.78 is 44.9. The summed E-state index contributed by atoms with van der Waals surface area (Å²) in [6.45, 7) is 5.74. The van der Waals surface area contributed by atoms with E-state index in [0.717, 1.165) is 5.56 Å². The summed E-state index contributed by atoms with van der Waals surface area (Å²) in [5, 5.41) is 3.21. The molecule has 1 rings (SSSR count). The highest BCUT2D eigenvalue weighted by atomic mass is 19.4. The smallest absolute Gasteiger partial charge is 0.406 e.